The van der Waals surface area contributed by atoms with E-state index in [-0.39, 0.29) is 17.5 Å². The first-order chi connectivity index (χ1) is 9.10. The summed E-state index contributed by atoms with van der Waals surface area (Å²) in [7, 11) is 1.70. The van der Waals surface area contributed by atoms with Gasteiger partial charge in [0.25, 0.3) is 0 Å². The maximum absolute atomic E-state index is 13.6. The standard InChI is InChI=1S/C14H18FNO3/c1-19-12-4-3-11(7-12)16-8-10-6-9(14(17)18)2-5-13(10)15/h2,5-6,11-12,16H,3-4,7-8H2,1H3,(H,17,18). The number of carboxylic acid groups (broad SMARTS) is 1. The van der Waals surface area contributed by atoms with Gasteiger partial charge in [-0.25, -0.2) is 9.18 Å². The maximum atomic E-state index is 13.6. The lowest BCUT2D eigenvalue weighted by Gasteiger charge is -2.13. The van der Waals surface area contributed by atoms with Gasteiger partial charge in [0.15, 0.2) is 0 Å². The van der Waals surface area contributed by atoms with Crippen molar-refractivity contribution in [2.45, 2.75) is 38.0 Å². The molecule has 2 N–H and O–H groups in total. The molecule has 2 atom stereocenters. The molecule has 5 heteroatoms. The summed E-state index contributed by atoms with van der Waals surface area (Å²) in [5.41, 5.74) is 0.500. The molecule has 2 rings (SSSR count). The smallest absolute Gasteiger partial charge is 0.335 e. The number of hydrogen-bond acceptors (Lipinski definition) is 3. The molecule has 2 unspecified atom stereocenters. The summed E-state index contributed by atoms with van der Waals surface area (Å²) in [6.07, 6.45) is 3.19. The van der Waals surface area contributed by atoms with Crippen LogP contribution in [0.2, 0.25) is 0 Å². The fraction of sp³-hybridized carbons (Fsp3) is 0.500. The number of benzene rings is 1. The first-order valence-electron chi connectivity index (χ1n) is 6.38. The van der Waals surface area contributed by atoms with Crippen molar-refractivity contribution >= 4 is 5.97 Å². The van der Waals surface area contributed by atoms with Crippen molar-refractivity contribution in [1.29, 1.82) is 0 Å². The Morgan fingerprint density at radius 2 is 2.32 bits per heavy atom. The molecule has 0 aromatic heterocycles. The van der Waals surface area contributed by atoms with Gasteiger partial charge in [-0.1, -0.05) is 0 Å². The van der Waals surface area contributed by atoms with Gasteiger partial charge in [0.1, 0.15) is 5.82 Å². The van der Waals surface area contributed by atoms with Crippen LogP contribution in [0.5, 0.6) is 0 Å². The van der Waals surface area contributed by atoms with Crippen LogP contribution in [0, 0.1) is 5.82 Å². The normalized spacial score (nSPS) is 22.6. The summed E-state index contributed by atoms with van der Waals surface area (Å²) in [5, 5.41) is 12.1. The predicted molar refractivity (Wildman–Crippen MR) is 68.6 cm³/mol. The van der Waals surface area contributed by atoms with Crippen LogP contribution in [0.3, 0.4) is 0 Å². The summed E-state index contributed by atoms with van der Waals surface area (Å²) in [4.78, 5) is 10.8. The van der Waals surface area contributed by atoms with Gasteiger partial charge in [-0.3, -0.25) is 0 Å². The largest absolute Gasteiger partial charge is 0.478 e. The molecule has 0 aliphatic heterocycles. The molecule has 0 spiro atoms. The molecule has 1 fully saturated rings. The third-order valence-electron chi connectivity index (χ3n) is 3.59. The maximum Gasteiger partial charge on any atom is 0.335 e. The molecule has 104 valence electrons. The van der Waals surface area contributed by atoms with Crippen molar-refractivity contribution in [2.75, 3.05) is 7.11 Å². The Kier molecular flexibility index (Phi) is 4.50. The monoisotopic (exact) mass is 267 g/mol. The van der Waals surface area contributed by atoms with E-state index < -0.39 is 5.97 Å². The molecular weight excluding hydrogens is 249 g/mol. The van der Waals surface area contributed by atoms with Crippen LogP contribution in [-0.4, -0.2) is 30.3 Å². The highest BCUT2D eigenvalue weighted by Crippen LogP contribution is 2.22. The number of methoxy groups -OCH3 is 1. The number of rotatable bonds is 5. The average molecular weight is 267 g/mol. The first-order valence-corrected chi connectivity index (χ1v) is 6.38. The van der Waals surface area contributed by atoms with Gasteiger partial charge in [-0.15, -0.1) is 0 Å². The van der Waals surface area contributed by atoms with E-state index >= 15 is 0 Å². The topological polar surface area (TPSA) is 58.6 Å². The first kappa shape index (κ1) is 14.0. The van der Waals surface area contributed by atoms with E-state index in [1.54, 1.807) is 7.11 Å². The van der Waals surface area contributed by atoms with Crippen molar-refractivity contribution < 1.29 is 19.0 Å². The van der Waals surface area contributed by atoms with Crippen molar-refractivity contribution in [2.24, 2.45) is 0 Å². The van der Waals surface area contributed by atoms with Gasteiger partial charge in [0, 0.05) is 25.3 Å². The molecular formula is C14H18FNO3. The Labute approximate surface area is 111 Å². The third kappa shape index (κ3) is 3.52. The van der Waals surface area contributed by atoms with Crippen LogP contribution in [0.4, 0.5) is 4.39 Å². The van der Waals surface area contributed by atoms with Crippen LogP contribution in [0.15, 0.2) is 18.2 Å². The van der Waals surface area contributed by atoms with E-state index in [9.17, 15) is 9.18 Å². The van der Waals surface area contributed by atoms with E-state index in [0.717, 1.165) is 19.3 Å². The Morgan fingerprint density at radius 1 is 1.53 bits per heavy atom. The zero-order valence-corrected chi connectivity index (χ0v) is 10.9. The Morgan fingerprint density at radius 3 is 2.95 bits per heavy atom. The van der Waals surface area contributed by atoms with Gasteiger partial charge in [-0.2, -0.15) is 0 Å². The molecule has 0 bridgehead atoms. The lowest BCUT2D eigenvalue weighted by atomic mass is 10.1. The fourth-order valence-corrected chi connectivity index (χ4v) is 2.44. The van der Waals surface area contributed by atoms with E-state index in [0.29, 0.717) is 18.2 Å². The van der Waals surface area contributed by atoms with E-state index in [1.165, 1.54) is 18.2 Å². The summed E-state index contributed by atoms with van der Waals surface area (Å²) in [6.45, 7) is 0.341. The van der Waals surface area contributed by atoms with Crippen molar-refractivity contribution in [3.63, 3.8) is 0 Å². The zero-order valence-electron chi connectivity index (χ0n) is 10.9. The third-order valence-corrected chi connectivity index (χ3v) is 3.59. The second-order valence-corrected chi connectivity index (χ2v) is 4.86. The van der Waals surface area contributed by atoms with E-state index in [1.807, 2.05) is 0 Å². The molecule has 1 aliphatic carbocycles. The molecule has 1 aromatic rings. The van der Waals surface area contributed by atoms with E-state index in [4.69, 9.17) is 9.84 Å². The molecule has 1 saturated carbocycles. The van der Waals surface area contributed by atoms with Gasteiger partial charge in [-0.05, 0) is 37.5 Å². The number of ether oxygens (including phenoxy) is 1. The van der Waals surface area contributed by atoms with Crippen LogP contribution >= 0.6 is 0 Å². The van der Waals surface area contributed by atoms with Crippen LogP contribution in [0.25, 0.3) is 0 Å². The Balaban J connectivity index is 1.96. The minimum Gasteiger partial charge on any atom is -0.478 e. The van der Waals surface area contributed by atoms with Crippen molar-refractivity contribution in [1.82, 2.24) is 5.32 Å². The minimum atomic E-state index is -1.04. The predicted octanol–water partition coefficient (Wildman–Crippen LogP) is 2.18. The van der Waals surface area contributed by atoms with Crippen LogP contribution in [0.1, 0.15) is 35.2 Å². The molecule has 0 saturated heterocycles. The highest BCUT2D eigenvalue weighted by Gasteiger charge is 2.24. The van der Waals surface area contributed by atoms with Gasteiger partial charge in [0.2, 0.25) is 0 Å². The molecule has 4 nitrogen and oxygen atoms in total. The molecule has 19 heavy (non-hydrogen) atoms. The molecule has 1 aromatic carbocycles. The molecule has 0 amide bonds. The summed E-state index contributed by atoms with van der Waals surface area (Å²) >= 11 is 0. The second-order valence-electron chi connectivity index (χ2n) is 4.86. The Hall–Kier alpha value is -1.46. The number of halogens is 1. The van der Waals surface area contributed by atoms with Crippen LogP contribution < -0.4 is 5.32 Å². The van der Waals surface area contributed by atoms with Crippen molar-refractivity contribution in [3.05, 3.63) is 35.1 Å². The quantitative estimate of drug-likeness (QED) is 0.858. The Bertz CT molecular complexity index is 464. The summed E-state index contributed by atoms with van der Waals surface area (Å²) in [5.74, 6) is -1.42. The number of aromatic carboxylic acids is 1. The highest BCUT2D eigenvalue weighted by atomic mass is 19.1. The number of hydrogen-bond donors (Lipinski definition) is 2. The van der Waals surface area contributed by atoms with Gasteiger partial charge in [0.05, 0.1) is 11.7 Å². The van der Waals surface area contributed by atoms with Gasteiger partial charge < -0.3 is 15.2 Å². The SMILES string of the molecule is COC1CCC(NCc2cc(C(=O)O)ccc2F)C1. The molecule has 1 aliphatic rings. The molecule has 0 heterocycles. The van der Waals surface area contributed by atoms with Crippen molar-refractivity contribution in [3.8, 4) is 0 Å². The summed E-state index contributed by atoms with van der Waals surface area (Å²) < 4.78 is 18.9. The number of carbonyl (C=O) groups is 1. The van der Waals surface area contributed by atoms with Gasteiger partial charge >= 0.3 is 5.97 Å². The van der Waals surface area contributed by atoms with Crippen LogP contribution in [-0.2, 0) is 11.3 Å². The molecule has 0 radical (unpaired) electrons. The second kappa shape index (κ2) is 6.12. The number of nitrogens with one attached hydrogen (secondary N) is 1. The summed E-state index contributed by atoms with van der Waals surface area (Å²) in [6, 6.07) is 4.16. The minimum absolute atomic E-state index is 0.111. The lowest BCUT2D eigenvalue weighted by molar-refractivity contribution is 0.0696. The zero-order chi connectivity index (χ0) is 13.8. The van der Waals surface area contributed by atoms with E-state index in [2.05, 4.69) is 5.32 Å². The fourth-order valence-electron chi connectivity index (χ4n) is 2.44. The lowest BCUT2D eigenvalue weighted by Crippen LogP contribution is -2.27. The number of carboxylic acids is 1. The average Bonchev–Trinajstić information content (AvgIpc) is 2.85. The highest BCUT2D eigenvalue weighted by molar-refractivity contribution is 5.87.